The number of nitrogens with zero attached hydrogens (tertiary/aromatic N) is 3. The number of ketones is 1. The predicted octanol–water partition coefficient (Wildman–Crippen LogP) is 3.53. The van der Waals surface area contributed by atoms with Crippen LogP contribution in [0, 0.1) is 0 Å². The van der Waals surface area contributed by atoms with Crippen LogP contribution in [0.5, 0.6) is 0 Å². The Hall–Kier alpha value is -1.79. The molecule has 0 bridgehead atoms. The first-order valence-corrected chi connectivity index (χ1v) is 8.91. The molecule has 2 rings (SSSR count). The zero-order chi connectivity index (χ0) is 17.6. The molecule has 0 aliphatic heterocycles. The lowest BCUT2D eigenvalue weighted by molar-refractivity contribution is -0.120. The summed E-state index contributed by atoms with van der Waals surface area (Å²) in [6, 6.07) is 5.91. The predicted molar refractivity (Wildman–Crippen MR) is 96.2 cm³/mol. The summed E-state index contributed by atoms with van der Waals surface area (Å²) in [5, 5.41) is 0.570. The van der Waals surface area contributed by atoms with Crippen molar-refractivity contribution < 1.29 is 9.53 Å². The van der Waals surface area contributed by atoms with Gasteiger partial charge in [0.2, 0.25) is 0 Å². The summed E-state index contributed by atoms with van der Waals surface area (Å²) >= 11 is 1.32. The van der Waals surface area contributed by atoms with Gasteiger partial charge in [-0.3, -0.25) is 9.78 Å². The number of hydrogen-bond donors (Lipinski definition) is 0. The Bertz CT molecular complexity index is 699. The maximum absolute atomic E-state index is 11.7. The van der Waals surface area contributed by atoms with E-state index in [9.17, 15) is 4.79 Å². The van der Waals surface area contributed by atoms with Crippen molar-refractivity contribution in [3.63, 3.8) is 0 Å². The summed E-state index contributed by atoms with van der Waals surface area (Å²) in [5.74, 6) is 0.336. The van der Waals surface area contributed by atoms with Crippen molar-refractivity contribution in [3.8, 4) is 11.4 Å². The number of rotatable bonds is 7. The van der Waals surface area contributed by atoms with Crippen LogP contribution in [0.1, 0.15) is 33.3 Å². The van der Waals surface area contributed by atoms with Crippen molar-refractivity contribution in [1.82, 2.24) is 15.0 Å². The van der Waals surface area contributed by atoms with Gasteiger partial charge in [0.05, 0.1) is 17.1 Å². The second kappa shape index (κ2) is 8.35. The second-order valence-electron chi connectivity index (χ2n) is 6.37. The van der Waals surface area contributed by atoms with Crippen LogP contribution in [0.3, 0.4) is 0 Å². The maximum atomic E-state index is 11.7. The summed E-state index contributed by atoms with van der Waals surface area (Å²) in [6.45, 7) is 9.04. The fraction of sp³-hybridized carbons (Fsp3) is 0.444. The van der Waals surface area contributed by atoms with E-state index in [1.165, 1.54) is 17.3 Å². The smallest absolute Gasteiger partial charge is 0.188 e. The number of aromatic nitrogens is 3. The summed E-state index contributed by atoms with van der Waals surface area (Å²) in [6.07, 6.45) is 3.50. The van der Waals surface area contributed by atoms with Crippen LogP contribution in [0.15, 0.2) is 35.7 Å². The van der Waals surface area contributed by atoms with E-state index in [0.29, 0.717) is 17.5 Å². The number of carbonyl (C=O) groups excluding carboxylic acids is 1. The van der Waals surface area contributed by atoms with Crippen LogP contribution < -0.4 is 0 Å². The van der Waals surface area contributed by atoms with E-state index >= 15 is 0 Å². The van der Waals surface area contributed by atoms with Gasteiger partial charge < -0.3 is 4.74 Å². The zero-order valence-electron chi connectivity index (χ0n) is 14.6. The highest BCUT2D eigenvalue weighted by atomic mass is 32.2. The number of thioether (sulfide) groups is 1. The van der Waals surface area contributed by atoms with Crippen molar-refractivity contribution in [2.45, 2.75) is 38.3 Å². The fourth-order valence-electron chi connectivity index (χ4n) is 1.99. The van der Waals surface area contributed by atoms with Gasteiger partial charge in [-0.25, -0.2) is 9.97 Å². The minimum atomic E-state index is 0.0312. The largest absolute Gasteiger partial charge is 0.374 e. The van der Waals surface area contributed by atoms with Gasteiger partial charge in [-0.05, 0) is 36.1 Å². The Kier molecular flexibility index (Phi) is 6.45. The van der Waals surface area contributed by atoms with Gasteiger partial charge in [0.25, 0.3) is 0 Å². The zero-order valence-corrected chi connectivity index (χ0v) is 15.4. The number of pyridine rings is 1. The molecule has 2 aromatic rings. The van der Waals surface area contributed by atoms with Crippen LogP contribution in [-0.4, -0.2) is 39.7 Å². The molecular weight excluding hydrogens is 322 g/mol. The first-order chi connectivity index (χ1) is 11.4. The Labute approximate surface area is 147 Å². The molecule has 128 valence electrons. The third-order valence-electron chi connectivity index (χ3n) is 3.35. The molecule has 0 aliphatic rings. The van der Waals surface area contributed by atoms with Gasteiger partial charge in [0.15, 0.2) is 10.9 Å². The van der Waals surface area contributed by atoms with Crippen molar-refractivity contribution in [3.05, 3.63) is 36.2 Å². The molecule has 0 saturated heterocycles. The van der Waals surface area contributed by atoms with Crippen molar-refractivity contribution in [1.29, 1.82) is 0 Å². The highest BCUT2D eigenvalue weighted by molar-refractivity contribution is 7.99. The lowest BCUT2D eigenvalue weighted by Crippen LogP contribution is -2.11. The molecule has 0 saturated carbocycles. The van der Waals surface area contributed by atoms with Crippen LogP contribution >= 0.6 is 11.8 Å². The molecule has 0 aromatic carbocycles. The molecule has 0 amide bonds. The summed E-state index contributed by atoms with van der Waals surface area (Å²) in [4.78, 5) is 24.8. The molecule has 0 radical (unpaired) electrons. The minimum absolute atomic E-state index is 0.0312. The lowest BCUT2D eigenvalue weighted by Gasteiger charge is -2.19. The van der Waals surface area contributed by atoms with E-state index in [4.69, 9.17) is 4.74 Å². The monoisotopic (exact) mass is 345 g/mol. The molecular formula is C18H23N3O2S. The Balaban J connectivity index is 2.12. The van der Waals surface area contributed by atoms with E-state index < -0.39 is 0 Å². The minimum Gasteiger partial charge on any atom is -0.374 e. The molecule has 0 unspecified atom stereocenters. The van der Waals surface area contributed by atoms with E-state index in [-0.39, 0.29) is 17.8 Å². The molecule has 0 aliphatic carbocycles. The SMILES string of the molecule is CCOCC(=O)CSc1nccc(-c2cc(C(C)(C)C)ccn2)n1. The quantitative estimate of drug-likeness (QED) is 0.565. The lowest BCUT2D eigenvalue weighted by atomic mass is 9.87. The fourth-order valence-corrected chi connectivity index (χ4v) is 2.66. The van der Waals surface area contributed by atoms with Gasteiger partial charge in [-0.1, -0.05) is 32.5 Å². The molecule has 0 atom stereocenters. The first-order valence-electron chi connectivity index (χ1n) is 7.92. The third-order valence-corrected chi connectivity index (χ3v) is 4.27. The average Bonchev–Trinajstić information content (AvgIpc) is 2.58. The van der Waals surface area contributed by atoms with E-state index in [1.807, 2.05) is 19.1 Å². The molecule has 2 heterocycles. The van der Waals surface area contributed by atoms with Gasteiger partial charge in [-0.2, -0.15) is 0 Å². The highest BCUT2D eigenvalue weighted by Gasteiger charge is 2.15. The first kappa shape index (κ1) is 18.5. The summed E-state index contributed by atoms with van der Waals surface area (Å²) in [5.41, 5.74) is 2.82. The third kappa shape index (κ3) is 5.39. The van der Waals surface area contributed by atoms with Gasteiger partial charge in [-0.15, -0.1) is 0 Å². The van der Waals surface area contributed by atoms with Crippen LogP contribution in [-0.2, 0) is 14.9 Å². The van der Waals surface area contributed by atoms with Crippen molar-refractivity contribution in [2.24, 2.45) is 0 Å². The van der Waals surface area contributed by atoms with Gasteiger partial charge in [0.1, 0.15) is 6.61 Å². The molecule has 24 heavy (non-hydrogen) atoms. The number of ether oxygens (including phenoxy) is 1. The molecule has 0 N–H and O–H groups in total. The summed E-state index contributed by atoms with van der Waals surface area (Å²) < 4.78 is 5.11. The Morgan fingerprint density at radius 2 is 1.92 bits per heavy atom. The number of carbonyl (C=O) groups is 1. The van der Waals surface area contributed by atoms with Gasteiger partial charge in [0, 0.05) is 19.0 Å². The normalized spacial score (nSPS) is 11.5. The molecule has 0 fully saturated rings. The molecule has 5 nitrogen and oxygen atoms in total. The van der Waals surface area contributed by atoms with Crippen molar-refractivity contribution in [2.75, 3.05) is 19.0 Å². The average molecular weight is 345 g/mol. The topological polar surface area (TPSA) is 65.0 Å². The standard InChI is InChI=1S/C18H23N3O2S/c1-5-23-11-14(22)12-24-17-20-9-7-15(21-17)16-10-13(6-8-19-16)18(2,3)4/h6-10H,5,11-12H2,1-4H3. The second-order valence-corrected chi connectivity index (χ2v) is 7.31. The molecule has 0 spiro atoms. The van der Waals surface area contributed by atoms with Crippen LogP contribution in [0.4, 0.5) is 0 Å². The maximum Gasteiger partial charge on any atom is 0.188 e. The Morgan fingerprint density at radius 1 is 1.17 bits per heavy atom. The van der Waals surface area contributed by atoms with E-state index in [1.54, 1.807) is 12.4 Å². The van der Waals surface area contributed by atoms with Crippen molar-refractivity contribution >= 4 is 17.5 Å². The Morgan fingerprint density at radius 3 is 2.62 bits per heavy atom. The van der Waals surface area contributed by atoms with Gasteiger partial charge >= 0.3 is 0 Å². The highest BCUT2D eigenvalue weighted by Crippen LogP contribution is 2.25. The van der Waals surface area contributed by atoms with Crippen LogP contribution in [0.25, 0.3) is 11.4 Å². The van der Waals surface area contributed by atoms with E-state index in [2.05, 4.69) is 41.8 Å². The van der Waals surface area contributed by atoms with E-state index in [0.717, 1.165) is 11.4 Å². The summed E-state index contributed by atoms with van der Waals surface area (Å²) in [7, 11) is 0. The number of hydrogen-bond acceptors (Lipinski definition) is 6. The molecule has 2 aromatic heterocycles. The molecule has 6 heteroatoms. The van der Waals surface area contributed by atoms with Crippen LogP contribution in [0.2, 0.25) is 0 Å². The number of Topliss-reactive ketones (excluding diaryl/α,β-unsaturated/α-hetero) is 1.